The average Bonchev–Trinajstić information content (AvgIpc) is 3.66. The molecule has 0 spiro atoms. The van der Waals surface area contributed by atoms with Gasteiger partial charge in [0.2, 0.25) is 0 Å². The third-order valence-electron chi connectivity index (χ3n) is 8.37. The SMILES string of the molecule is C[C@H]1O[C@@H](c2cc(C(C)(C)c3ccccc3)ccc2OCC(=O)O)[C@H](C2(C)CO2)C[C@H]1c1ccc(Cl)cc1. The molecule has 2 heterocycles. The maximum Gasteiger partial charge on any atom is 0.341 e. The lowest BCUT2D eigenvalue weighted by atomic mass is 9.72. The molecule has 6 heteroatoms. The number of rotatable bonds is 8. The highest BCUT2D eigenvalue weighted by Crippen LogP contribution is 2.54. The van der Waals surface area contributed by atoms with E-state index in [2.05, 4.69) is 58.0 Å². The molecule has 0 amide bonds. The molecule has 0 aromatic heterocycles. The number of carboxylic acids is 1. The molecular formula is C32H35ClO5. The van der Waals surface area contributed by atoms with E-state index in [-0.39, 0.29) is 35.1 Å². The van der Waals surface area contributed by atoms with Crippen molar-refractivity contribution in [1.82, 2.24) is 0 Å². The van der Waals surface area contributed by atoms with E-state index in [0.29, 0.717) is 17.4 Å². The Hall–Kier alpha value is -2.86. The van der Waals surface area contributed by atoms with Crippen LogP contribution in [0.4, 0.5) is 0 Å². The molecule has 5 atom stereocenters. The highest BCUT2D eigenvalue weighted by Gasteiger charge is 2.55. The molecule has 1 unspecified atom stereocenters. The molecule has 38 heavy (non-hydrogen) atoms. The molecular weight excluding hydrogens is 500 g/mol. The maximum atomic E-state index is 11.4. The lowest BCUT2D eigenvalue weighted by Gasteiger charge is -2.43. The second-order valence-electron chi connectivity index (χ2n) is 11.3. The standard InChI is InChI=1S/C32H35ClO5/c1-20-25(21-10-13-24(33)14-11-21)17-27(32(4)19-37-32)30(38-20)26-16-23(12-15-28(26)36-18-29(34)35)31(2,3)22-8-6-5-7-9-22/h5-16,20,25,27,30H,17-19H2,1-4H3,(H,34,35)/t20-,25-,27-,30+,32?/m1/s1. The molecule has 5 rings (SSSR count). The van der Waals surface area contributed by atoms with Gasteiger partial charge in [0.15, 0.2) is 6.61 Å². The van der Waals surface area contributed by atoms with E-state index < -0.39 is 12.6 Å². The van der Waals surface area contributed by atoms with Crippen molar-refractivity contribution in [2.24, 2.45) is 5.92 Å². The van der Waals surface area contributed by atoms with Crippen LogP contribution in [0.5, 0.6) is 5.75 Å². The van der Waals surface area contributed by atoms with Crippen LogP contribution in [0.2, 0.25) is 5.02 Å². The van der Waals surface area contributed by atoms with E-state index in [4.69, 9.17) is 25.8 Å². The number of carbonyl (C=O) groups is 1. The van der Waals surface area contributed by atoms with Gasteiger partial charge in [-0.25, -0.2) is 4.79 Å². The van der Waals surface area contributed by atoms with Gasteiger partial charge < -0.3 is 19.3 Å². The molecule has 2 fully saturated rings. The van der Waals surface area contributed by atoms with E-state index in [9.17, 15) is 9.90 Å². The van der Waals surface area contributed by atoms with Crippen LogP contribution in [0.25, 0.3) is 0 Å². The first-order valence-corrected chi connectivity index (χ1v) is 13.6. The largest absolute Gasteiger partial charge is 0.482 e. The molecule has 2 aliphatic heterocycles. The highest BCUT2D eigenvalue weighted by atomic mass is 35.5. The lowest BCUT2D eigenvalue weighted by Crippen LogP contribution is -2.40. The molecule has 200 valence electrons. The summed E-state index contributed by atoms with van der Waals surface area (Å²) in [6, 6.07) is 24.4. The summed E-state index contributed by atoms with van der Waals surface area (Å²) in [4.78, 5) is 11.4. The average molecular weight is 535 g/mol. The van der Waals surface area contributed by atoms with Crippen LogP contribution in [0, 0.1) is 5.92 Å². The summed E-state index contributed by atoms with van der Waals surface area (Å²) in [5.74, 6) is -0.237. The first-order valence-electron chi connectivity index (χ1n) is 13.2. The Bertz CT molecular complexity index is 1280. The molecule has 0 radical (unpaired) electrons. The predicted octanol–water partition coefficient (Wildman–Crippen LogP) is 7.17. The lowest BCUT2D eigenvalue weighted by molar-refractivity contribution is -0.139. The first kappa shape index (κ1) is 26.7. The van der Waals surface area contributed by atoms with Gasteiger partial charge in [0.25, 0.3) is 0 Å². The van der Waals surface area contributed by atoms with Crippen molar-refractivity contribution in [3.8, 4) is 5.75 Å². The number of halogens is 1. The van der Waals surface area contributed by atoms with E-state index in [1.54, 1.807) is 0 Å². The van der Waals surface area contributed by atoms with Crippen molar-refractivity contribution >= 4 is 17.6 Å². The molecule has 1 N–H and O–H groups in total. The Morgan fingerprint density at radius 1 is 1.08 bits per heavy atom. The Morgan fingerprint density at radius 3 is 2.39 bits per heavy atom. The van der Waals surface area contributed by atoms with Crippen molar-refractivity contribution in [3.05, 3.63) is 100 Å². The number of carboxylic acid groups (broad SMARTS) is 1. The molecule has 0 saturated carbocycles. The minimum Gasteiger partial charge on any atom is -0.482 e. The van der Waals surface area contributed by atoms with Crippen LogP contribution >= 0.6 is 11.6 Å². The summed E-state index contributed by atoms with van der Waals surface area (Å²) in [7, 11) is 0. The Kier molecular flexibility index (Phi) is 7.29. The zero-order chi connectivity index (χ0) is 27.1. The molecule has 0 bridgehead atoms. The molecule has 5 nitrogen and oxygen atoms in total. The van der Waals surface area contributed by atoms with Crippen LogP contribution in [0.15, 0.2) is 72.8 Å². The smallest absolute Gasteiger partial charge is 0.341 e. The number of epoxide rings is 1. The topological polar surface area (TPSA) is 68.3 Å². The summed E-state index contributed by atoms with van der Waals surface area (Å²) in [5.41, 5.74) is 3.78. The zero-order valence-corrected chi connectivity index (χ0v) is 23.1. The van der Waals surface area contributed by atoms with Gasteiger partial charge in [-0.3, -0.25) is 0 Å². The second-order valence-corrected chi connectivity index (χ2v) is 11.7. The van der Waals surface area contributed by atoms with Gasteiger partial charge in [-0.05, 0) is 61.2 Å². The van der Waals surface area contributed by atoms with E-state index in [1.807, 2.05) is 42.5 Å². The van der Waals surface area contributed by atoms with Crippen LogP contribution in [0.1, 0.15) is 68.4 Å². The second kappa shape index (κ2) is 10.4. The minimum atomic E-state index is -1.01. The molecule has 2 saturated heterocycles. The van der Waals surface area contributed by atoms with Gasteiger partial charge in [0.1, 0.15) is 5.75 Å². The fourth-order valence-electron chi connectivity index (χ4n) is 5.77. The Labute approximate surface area is 229 Å². The predicted molar refractivity (Wildman–Crippen MR) is 148 cm³/mol. The fourth-order valence-corrected chi connectivity index (χ4v) is 5.89. The number of hydrogen-bond donors (Lipinski definition) is 1. The maximum absolute atomic E-state index is 11.4. The van der Waals surface area contributed by atoms with Gasteiger partial charge in [-0.1, -0.05) is 74.0 Å². The fraction of sp³-hybridized carbons (Fsp3) is 0.406. The number of hydrogen-bond acceptors (Lipinski definition) is 4. The van der Waals surface area contributed by atoms with Crippen molar-refractivity contribution in [2.45, 2.75) is 63.3 Å². The van der Waals surface area contributed by atoms with Gasteiger partial charge in [-0.2, -0.15) is 0 Å². The van der Waals surface area contributed by atoms with Crippen molar-refractivity contribution < 1.29 is 24.1 Å². The van der Waals surface area contributed by atoms with Gasteiger partial charge in [-0.15, -0.1) is 0 Å². The van der Waals surface area contributed by atoms with Gasteiger partial charge in [0.05, 0.1) is 24.4 Å². The van der Waals surface area contributed by atoms with Crippen LogP contribution in [-0.4, -0.2) is 36.0 Å². The van der Waals surface area contributed by atoms with E-state index in [1.165, 1.54) is 11.1 Å². The van der Waals surface area contributed by atoms with Gasteiger partial charge >= 0.3 is 5.97 Å². The quantitative estimate of drug-likeness (QED) is 0.310. The van der Waals surface area contributed by atoms with E-state index in [0.717, 1.165) is 17.5 Å². The van der Waals surface area contributed by atoms with E-state index >= 15 is 0 Å². The minimum absolute atomic E-state index is 0.0571. The number of ether oxygens (including phenoxy) is 3. The Balaban J connectivity index is 1.56. The summed E-state index contributed by atoms with van der Waals surface area (Å²) >= 11 is 6.16. The highest BCUT2D eigenvalue weighted by molar-refractivity contribution is 6.30. The van der Waals surface area contributed by atoms with Crippen molar-refractivity contribution in [1.29, 1.82) is 0 Å². The summed E-state index contributed by atoms with van der Waals surface area (Å²) in [6.07, 6.45) is 0.489. The zero-order valence-electron chi connectivity index (χ0n) is 22.3. The first-order chi connectivity index (χ1) is 18.1. The van der Waals surface area contributed by atoms with Crippen LogP contribution < -0.4 is 4.74 Å². The summed E-state index contributed by atoms with van der Waals surface area (Å²) < 4.78 is 18.7. The number of aliphatic carboxylic acids is 1. The summed E-state index contributed by atoms with van der Waals surface area (Å²) in [6.45, 7) is 8.89. The third kappa shape index (κ3) is 5.33. The monoisotopic (exact) mass is 534 g/mol. The van der Waals surface area contributed by atoms with Crippen LogP contribution in [-0.2, 0) is 19.7 Å². The Morgan fingerprint density at radius 2 is 1.76 bits per heavy atom. The molecule has 0 aliphatic carbocycles. The van der Waals surface area contributed by atoms with Crippen molar-refractivity contribution in [3.63, 3.8) is 0 Å². The number of benzene rings is 3. The normalized spacial score (nSPS) is 27.1. The summed E-state index contributed by atoms with van der Waals surface area (Å²) in [5, 5.41) is 10.0. The molecule has 3 aromatic rings. The van der Waals surface area contributed by atoms with Gasteiger partial charge in [0, 0.05) is 27.8 Å². The third-order valence-corrected chi connectivity index (χ3v) is 8.62. The van der Waals surface area contributed by atoms with Crippen molar-refractivity contribution in [2.75, 3.05) is 13.2 Å². The van der Waals surface area contributed by atoms with Crippen LogP contribution in [0.3, 0.4) is 0 Å². The molecule has 2 aliphatic rings. The molecule has 3 aromatic carbocycles.